The number of benzene rings is 2. The van der Waals surface area contributed by atoms with Gasteiger partial charge < -0.3 is 23.9 Å². The number of ether oxygens (including phenoxy) is 2. The second-order valence-corrected chi connectivity index (χ2v) is 9.19. The number of hydrogen-bond acceptors (Lipinski definition) is 6. The number of rotatable bonds is 8. The van der Waals surface area contributed by atoms with Crippen LogP contribution in [0.15, 0.2) is 39.5 Å². The molecule has 0 bridgehead atoms. The molecule has 0 spiro atoms. The van der Waals surface area contributed by atoms with Crippen molar-refractivity contribution in [3.63, 3.8) is 0 Å². The van der Waals surface area contributed by atoms with Crippen LogP contribution in [-0.4, -0.2) is 42.8 Å². The van der Waals surface area contributed by atoms with Gasteiger partial charge in [0.05, 0.1) is 37.3 Å². The van der Waals surface area contributed by atoms with E-state index >= 15 is 0 Å². The summed E-state index contributed by atoms with van der Waals surface area (Å²) in [5, 5.41) is 10.1. The van der Waals surface area contributed by atoms with E-state index in [0.717, 1.165) is 17.5 Å². The molecule has 0 radical (unpaired) electrons. The first-order valence-corrected chi connectivity index (χ1v) is 11.6. The van der Waals surface area contributed by atoms with E-state index in [0.29, 0.717) is 40.6 Å². The molecule has 7 nitrogen and oxygen atoms in total. The second kappa shape index (κ2) is 9.50. The Morgan fingerprint density at radius 1 is 1.12 bits per heavy atom. The van der Waals surface area contributed by atoms with Crippen molar-refractivity contribution in [3.8, 4) is 11.5 Å². The summed E-state index contributed by atoms with van der Waals surface area (Å²) in [6.07, 6.45) is 0.909. The van der Waals surface area contributed by atoms with Crippen molar-refractivity contribution in [2.24, 2.45) is 5.92 Å². The Balaban J connectivity index is 1.85. The van der Waals surface area contributed by atoms with Gasteiger partial charge in [0.1, 0.15) is 5.58 Å². The summed E-state index contributed by atoms with van der Waals surface area (Å²) in [6.45, 7) is 8.43. The maximum absolute atomic E-state index is 13.7. The van der Waals surface area contributed by atoms with E-state index in [1.54, 1.807) is 25.3 Å². The summed E-state index contributed by atoms with van der Waals surface area (Å²) in [5.41, 5.74) is 2.87. The highest BCUT2D eigenvalue weighted by atomic mass is 16.5. The molecule has 1 amide bonds. The van der Waals surface area contributed by atoms with Crippen molar-refractivity contribution in [1.29, 1.82) is 0 Å². The van der Waals surface area contributed by atoms with Crippen LogP contribution in [0.5, 0.6) is 11.5 Å². The fourth-order valence-electron chi connectivity index (χ4n) is 4.58. The molecule has 1 unspecified atom stereocenters. The van der Waals surface area contributed by atoms with E-state index in [2.05, 4.69) is 13.8 Å². The van der Waals surface area contributed by atoms with Crippen LogP contribution in [0.2, 0.25) is 0 Å². The van der Waals surface area contributed by atoms with Gasteiger partial charge in [-0.2, -0.15) is 0 Å². The molecule has 180 valence electrons. The molecule has 1 aliphatic rings. The Kier molecular flexibility index (Phi) is 6.66. The van der Waals surface area contributed by atoms with Crippen molar-refractivity contribution >= 4 is 16.9 Å². The number of hydrogen-bond donors (Lipinski definition) is 1. The molecule has 1 aliphatic heterocycles. The summed E-state index contributed by atoms with van der Waals surface area (Å²) in [5.74, 6) is 1.24. The van der Waals surface area contributed by atoms with Crippen LogP contribution in [0.1, 0.15) is 59.1 Å². The van der Waals surface area contributed by atoms with Crippen LogP contribution in [0.3, 0.4) is 0 Å². The van der Waals surface area contributed by atoms with Crippen molar-refractivity contribution in [2.45, 2.75) is 40.2 Å². The summed E-state index contributed by atoms with van der Waals surface area (Å²) in [4.78, 5) is 28.5. The number of methoxy groups -OCH3 is 1. The van der Waals surface area contributed by atoms with Gasteiger partial charge in [0.15, 0.2) is 16.9 Å². The lowest BCUT2D eigenvalue weighted by Crippen LogP contribution is -2.32. The summed E-state index contributed by atoms with van der Waals surface area (Å²) in [6, 6.07) is 8.41. The molecule has 4 rings (SSSR count). The first-order valence-electron chi connectivity index (χ1n) is 11.6. The Hall–Kier alpha value is -3.32. The average molecular weight is 466 g/mol. The quantitative estimate of drug-likeness (QED) is 0.531. The number of nitrogens with zero attached hydrogens (tertiary/aromatic N) is 1. The molecule has 1 atom stereocenters. The van der Waals surface area contributed by atoms with Gasteiger partial charge in [-0.3, -0.25) is 9.59 Å². The molecule has 2 aromatic carbocycles. The largest absolute Gasteiger partial charge is 0.493 e. The summed E-state index contributed by atoms with van der Waals surface area (Å²) < 4.78 is 17.5. The van der Waals surface area contributed by atoms with Crippen LogP contribution >= 0.6 is 0 Å². The third kappa shape index (κ3) is 4.16. The number of carbonyl (C=O) groups is 1. The molecule has 2 heterocycles. The molecule has 0 aliphatic carbocycles. The van der Waals surface area contributed by atoms with Gasteiger partial charge in [-0.05, 0) is 61.1 Å². The van der Waals surface area contributed by atoms with Gasteiger partial charge in [0.25, 0.3) is 5.91 Å². The van der Waals surface area contributed by atoms with Crippen molar-refractivity contribution in [1.82, 2.24) is 4.90 Å². The van der Waals surface area contributed by atoms with Gasteiger partial charge in [-0.15, -0.1) is 0 Å². The average Bonchev–Trinajstić information content (AvgIpc) is 3.05. The molecule has 1 N–H and O–H groups in total. The lowest BCUT2D eigenvalue weighted by molar-refractivity contribution is 0.0691. The van der Waals surface area contributed by atoms with E-state index in [4.69, 9.17) is 13.9 Å². The number of aryl methyl sites for hydroxylation is 2. The number of fused-ring (bicyclic) bond motifs is 2. The number of aliphatic hydroxyl groups excluding tert-OH is 1. The Bertz CT molecular complexity index is 1290. The molecular weight excluding hydrogens is 434 g/mol. The summed E-state index contributed by atoms with van der Waals surface area (Å²) >= 11 is 0. The standard InChI is InChI=1S/C27H31NO6/c1-15(2)8-11-33-19-7-6-18(14-20(19)32-5)24-23-25(30)22-17(4)12-16(3)13-21(22)34-26(23)27(31)28(24)9-10-29/h6-7,12-15,24,29H,8-11H2,1-5H3. The molecule has 0 saturated carbocycles. The van der Waals surface area contributed by atoms with Crippen LogP contribution in [-0.2, 0) is 0 Å². The SMILES string of the molecule is COc1cc(C2c3c(oc4cc(C)cc(C)c4c3=O)C(=O)N2CCO)ccc1OCCC(C)C. The molecule has 0 fully saturated rings. The van der Waals surface area contributed by atoms with Crippen LogP contribution in [0, 0.1) is 19.8 Å². The molecule has 34 heavy (non-hydrogen) atoms. The predicted molar refractivity (Wildman–Crippen MR) is 130 cm³/mol. The fourth-order valence-corrected chi connectivity index (χ4v) is 4.58. The third-order valence-corrected chi connectivity index (χ3v) is 6.21. The molecule has 0 saturated heterocycles. The van der Waals surface area contributed by atoms with E-state index < -0.39 is 11.9 Å². The van der Waals surface area contributed by atoms with Crippen LogP contribution in [0.4, 0.5) is 0 Å². The molecular formula is C27H31NO6. The van der Waals surface area contributed by atoms with Gasteiger partial charge >= 0.3 is 0 Å². The normalized spacial score (nSPS) is 15.3. The van der Waals surface area contributed by atoms with Gasteiger partial charge in [0.2, 0.25) is 5.76 Å². The molecule has 3 aromatic rings. The first kappa shape index (κ1) is 23.8. The number of amides is 1. The minimum Gasteiger partial charge on any atom is -0.493 e. The van der Waals surface area contributed by atoms with Crippen molar-refractivity contribution < 1.29 is 23.8 Å². The van der Waals surface area contributed by atoms with Gasteiger partial charge in [-0.1, -0.05) is 26.0 Å². The second-order valence-electron chi connectivity index (χ2n) is 9.19. The number of β-amino-alcohol motifs (C(OH)–C–C–N with tert-alkyl or cyclic N) is 1. The van der Waals surface area contributed by atoms with Crippen LogP contribution in [0.25, 0.3) is 11.0 Å². The van der Waals surface area contributed by atoms with E-state index in [1.165, 1.54) is 4.90 Å². The third-order valence-electron chi connectivity index (χ3n) is 6.21. The van der Waals surface area contributed by atoms with Gasteiger partial charge in [0, 0.05) is 6.54 Å². The Labute approximate surface area is 198 Å². The highest BCUT2D eigenvalue weighted by molar-refractivity contribution is 5.99. The monoisotopic (exact) mass is 465 g/mol. The zero-order chi connectivity index (χ0) is 24.6. The zero-order valence-corrected chi connectivity index (χ0v) is 20.3. The zero-order valence-electron chi connectivity index (χ0n) is 20.3. The maximum atomic E-state index is 13.7. The Morgan fingerprint density at radius 2 is 1.88 bits per heavy atom. The topological polar surface area (TPSA) is 89.2 Å². The smallest absolute Gasteiger partial charge is 0.290 e. The van der Waals surface area contributed by atoms with E-state index in [9.17, 15) is 14.7 Å². The van der Waals surface area contributed by atoms with Crippen molar-refractivity contribution in [2.75, 3.05) is 26.9 Å². The van der Waals surface area contributed by atoms with E-state index in [1.807, 2.05) is 26.0 Å². The number of carbonyl (C=O) groups excluding carboxylic acids is 1. The minimum atomic E-state index is -0.699. The van der Waals surface area contributed by atoms with Crippen molar-refractivity contribution in [3.05, 3.63) is 68.6 Å². The summed E-state index contributed by atoms with van der Waals surface area (Å²) in [7, 11) is 1.56. The van der Waals surface area contributed by atoms with E-state index in [-0.39, 0.29) is 29.9 Å². The fraction of sp³-hybridized carbons (Fsp3) is 0.407. The maximum Gasteiger partial charge on any atom is 0.290 e. The van der Waals surface area contributed by atoms with Gasteiger partial charge in [-0.25, -0.2) is 0 Å². The minimum absolute atomic E-state index is 0.0252. The highest BCUT2D eigenvalue weighted by Crippen LogP contribution is 2.41. The number of aliphatic hydroxyl groups is 1. The molecule has 7 heteroatoms. The highest BCUT2D eigenvalue weighted by Gasteiger charge is 2.42. The molecule has 1 aromatic heterocycles. The van der Waals surface area contributed by atoms with Crippen LogP contribution < -0.4 is 14.9 Å². The predicted octanol–water partition coefficient (Wildman–Crippen LogP) is 4.38. The Morgan fingerprint density at radius 3 is 2.56 bits per heavy atom. The lowest BCUT2D eigenvalue weighted by Gasteiger charge is -2.25. The first-order chi connectivity index (χ1) is 16.3. The lowest BCUT2D eigenvalue weighted by atomic mass is 9.96.